The molecule has 0 aromatic heterocycles. The van der Waals surface area contributed by atoms with E-state index in [-0.39, 0.29) is 24.5 Å². The van der Waals surface area contributed by atoms with E-state index in [1.165, 1.54) is 6.42 Å². The lowest BCUT2D eigenvalue weighted by Gasteiger charge is -2.22. The van der Waals surface area contributed by atoms with Crippen molar-refractivity contribution in [3.63, 3.8) is 0 Å². The number of amides is 3. The highest BCUT2D eigenvalue weighted by Gasteiger charge is 2.15. The van der Waals surface area contributed by atoms with Crippen LogP contribution in [0.15, 0.2) is 24.3 Å². The molecule has 3 N–H and O–H groups in total. The minimum atomic E-state index is -0.274. The first-order chi connectivity index (χ1) is 11.2. The van der Waals surface area contributed by atoms with E-state index in [2.05, 4.69) is 16.0 Å². The number of nitrogens with one attached hydrogen (secondary N) is 3. The van der Waals surface area contributed by atoms with Crippen molar-refractivity contribution in [2.24, 2.45) is 0 Å². The fourth-order valence-corrected chi connectivity index (χ4v) is 2.75. The summed E-state index contributed by atoms with van der Waals surface area (Å²) in [6, 6.07) is 7.46. The summed E-state index contributed by atoms with van der Waals surface area (Å²) in [6.07, 6.45) is 5.60. The molecule has 23 heavy (non-hydrogen) atoms. The van der Waals surface area contributed by atoms with Gasteiger partial charge in [-0.3, -0.25) is 4.79 Å². The predicted octanol–water partition coefficient (Wildman–Crippen LogP) is 1.94. The molecule has 1 aliphatic carbocycles. The van der Waals surface area contributed by atoms with Crippen molar-refractivity contribution < 1.29 is 14.3 Å². The van der Waals surface area contributed by atoms with Gasteiger partial charge in [-0.05, 0) is 18.9 Å². The second-order valence-electron chi connectivity index (χ2n) is 5.75. The third kappa shape index (κ3) is 5.81. The van der Waals surface area contributed by atoms with E-state index < -0.39 is 0 Å². The van der Waals surface area contributed by atoms with Crippen molar-refractivity contribution in [1.82, 2.24) is 16.0 Å². The standard InChI is InChI=1S/C17H25N3O3/c1-23-15-10-6-5-7-13(15)11-18-16(21)12-19-17(22)20-14-8-3-2-4-9-14/h5-7,10,14H,2-4,8-9,11-12H2,1H3,(H,18,21)(H2,19,20,22). The SMILES string of the molecule is COc1ccccc1CNC(=O)CNC(=O)NC1CCCCC1. The summed E-state index contributed by atoms with van der Waals surface area (Å²) in [5.41, 5.74) is 0.898. The number of para-hydroxylation sites is 1. The highest BCUT2D eigenvalue weighted by atomic mass is 16.5. The molecule has 3 amide bonds. The second-order valence-corrected chi connectivity index (χ2v) is 5.75. The lowest BCUT2D eigenvalue weighted by atomic mass is 9.96. The van der Waals surface area contributed by atoms with Gasteiger partial charge >= 0.3 is 6.03 Å². The quantitative estimate of drug-likeness (QED) is 0.750. The summed E-state index contributed by atoms with van der Waals surface area (Å²) in [4.78, 5) is 23.6. The Balaban J connectivity index is 1.67. The fourth-order valence-electron chi connectivity index (χ4n) is 2.75. The predicted molar refractivity (Wildman–Crippen MR) is 88.2 cm³/mol. The van der Waals surface area contributed by atoms with Gasteiger partial charge in [0.2, 0.25) is 5.91 Å². The molecule has 0 heterocycles. The van der Waals surface area contributed by atoms with Crippen LogP contribution in [0.25, 0.3) is 0 Å². The fraction of sp³-hybridized carbons (Fsp3) is 0.529. The van der Waals surface area contributed by atoms with Gasteiger partial charge in [0.25, 0.3) is 0 Å². The maximum absolute atomic E-state index is 11.8. The van der Waals surface area contributed by atoms with Crippen LogP contribution in [0.5, 0.6) is 5.75 Å². The molecule has 0 atom stereocenters. The number of carbonyl (C=O) groups excluding carboxylic acids is 2. The molecule has 1 saturated carbocycles. The number of methoxy groups -OCH3 is 1. The molecule has 2 rings (SSSR count). The first kappa shape index (κ1) is 17.1. The zero-order chi connectivity index (χ0) is 16.5. The van der Waals surface area contributed by atoms with E-state index in [1.54, 1.807) is 7.11 Å². The van der Waals surface area contributed by atoms with Crippen LogP contribution in [0.4, 0.5) is 4.79 Å². The van der Waals surface area contributed by atoms with E-state index in [0.29, 0.717) is 6.54 Å². The number of carbonyl (C=O) groups is 2. The van der Waals surface area contributed by atoms with Crippen LogP contribution in [-0.2, 0) is 11.3 Å². The highest BCUT2D eigenvalue weighted by molar-refractivity contribution is 5.84. The number of hydrogen-bond donors (Lipinski definition) is 3. The molecule has 0 spiro atoms. The van der Waals surface area contributed by atoms with Gasteiger partial charge in [0.1, 0.15) is 5.75 Å². The van der Waals surface area contributed by atoms with Crippen LogP contribution >= 0.6 is 0 Å². The smallest absolute Gasteiger partial charge is 0.315 e. The van der Waals surface area contributed by atoms with Gasteiger partial charge in [-0.2, -0.15) is 0 Å². The van der Waals surface area contributed by atoms with Gasteiger partial charge in [-0.15, -0.1) is 0 Å². The Morgan fingerprint density at radius 2 is 1.87 bits per heavy atom. The monoisotopic (exact) mass is 319 g/mol. The molecule has 6 nitrogen and oxygen atoms in total. The second kappa shape index (κ2) is 9.02. The van der Waals surface area contributed by atoms with Gasteiger partial charge in [0, 0.05) is 18.2 Å². The van der Waals surface area contributed by atoms with Crippen LogP contribution in [0, 0.1) is 0 Å². The first-order valence-corrected chi connectivity index (χ1v) is 8.12. The van der Waals surface area contributed by atoms with E-state index in [9.17, 15) is 9.59 Å². The molecule has 0 bridgehead atoms. The van der Waals surface area contributed by atoms with Crippen LogP contribution in [0.3, 0.4) is 0 Å². The Morgan fingerprint density at radius 3 is 2.61 bits per heavy atom. The first-order valence-electron chi connectivity index (χ1n) is 8.12. The average Bonchev–Trinajstić information content (AvgIpc) is 2.59. The number of hydrogen-bond acceptors (Lipinski definition) is 3. The molecule has 0 radical (unpaired) electrons. The summed E-state index contributed by atoms with van der Waals surface area (Å²) in [5, 5.41) is 8.29. The minimum Gasteiger partial charge on any atom is -0.496 e. The Kier molecular flexibility index (Phi) is 6.72. The normalized spacial score (nSPS) is 14.8. The molecule has 1 aromatic carbocycles. The maximum Gasteiger partial charge on any atom is 0.315 e. The molecule has 1 aromatic rings. The van der Waals surface area contributed by atoms with Crippen LogP contribution in [-0.4, -0.2) is 31.6 Å². The van der Waals surface area contributed by atoms with Crippen molar-refractivity contribution in [2.45, 2.75) is 44.7 Å². The summed E-state index contributed by atoms with van der Waals surface area (Å²) >= 11 is 0. The summed E-state index contributed by atoms with van der Waals surface area (Å²) in [5.74, 6) is 0.505. The molecule has 126 valence electrons. The Morgan fingerprint density at radius 1 is 1.13 bits per heavy atom. The largest absolute Gasteiger partial charge is 0.496 e. The molecule has 0 unspecified atom stereocenters. The Hall–Kier alpha value is -2.24. The minimum absolute atomic E-state index is 0.0340. The van der Waals surface area contributed by atoms with Gasteiger partial charge in [-0.25, -0.2) is 4.79 Å². The lowest BCUT2D eigenvalue weighted by Crippen LogP contribution is -2.46. The van der Waals surface area contributed by atoms with Crippen molar-refractivity contribution in [3.8, 4) is 5.75 Å². The van der Waals surface area contributed by atoms with E-state index in [0.717, 1.165) is 37.0 Å². The van der Waals surface area contributed by atoms with Gasteiger partial charge < -0.3 is 20.7 Å². The molecular formula is C17H25N3O3. The number of benzene rings is 1. The third-order valence-electron chi connectivity index (χ3n) is 4.02. The zero-order valence-electron chi connectivity index (χ0n) is 13.6. The zero-order valence-corrected chi connectivity index (χ0v) is 13.6. The number of rotatable bonds is 6. The molecule has 1 fully saturated rings. The van der Waals surface area contributed by atoms with Crippen molar-refractivity contribution >= 4 is 11.9 Å². The van der Waals surface area contributed by atoms with Gasteiger partial charge in [0.15, 0.2) is 0 Å². The average molecular weight is 319 g/mol. The van der Waals surface area contributed by atoms with Crippen LogP contribution in [0.2, 0.25) is 0 Å². The number of ether oxygens (including phenoxy) is 1. The summed E-state index contributed by atoms with van der Waals surface area (Å²) < 4.78 is 5.23. The van der Waals surface area contributed by atoms with Gasteiger partial charge in [0.05, 0.1) is 13.7 Å². The number of urea groups is 1. The molecule has 1 aliphatic rings. The van der Waals surface area contributed by atoms with E-state index >= 15 is 0 Å². The van der Waals surface area contributed by atoms with Gasteiger partial charge in [-0.1, -0.05) is 37.5 Å². The summed E-state index contributed by atoms with van der Waals surface area (Å²) in [6.45, 7) is 0.336. The Labute approximate surface area is 137 Å². The van der Waals surface area contributed by atoms with E-state index in [4.69, 9.17) is 4.74 Å². The van der Waals surface area contributed by atoms with Crippen molar-refractivity contribution in [2.75, 3.05) is 13.7 Å². The van der Waals surface area contributed by atoms with Crippen molar-refractivity contribution in [1.29, 1.82) is 0 Å². The van der Waals surface area contributed by atoms with E-state index in [1.807, 2.05) is 24.3 Å². The molecule has 6 heteroatoms. The Bertz CT molecular complexity index is 528. The highest BCUT2D eigenvalue weighted by Crippen LogP contribution is 2.17. The lowest BCUT2D eigenvalue weighted by molar-refractivity contribution is -0.120. The van der Waals surface area contributed by atoms with Crippen LogP contribution < -0.4 is 20.7 Å². The molecular weight excluding hydrogens is 294 g/mol. The van der Waals surface area contributed by atoms with Crippen molar-refractivity contribution in [3.05, 3.63) is 29.8 Å². The maximum atomic E-state index is 11.8. The third-order valence-corrected chi connectivity index (χ3v) is 4.02. The topological polar surface area (TPSA) is 79.5 Å². The van der Waals surface area contributed by atoms with Crippen LogP contribution in [0.1, 0.15) is 37.7 Å². The molecule has 0 aliphatic heterocycles. The summed E-state index contributed by atoms with van der Waals surface area (Å²) in [7, 11) is 1.60. The molecule has 0 saturated heterocycles.